The van der Waals surface area contributed by atoms with Gasteiger partial charge in [0, 0.05) is 18.7 Å². The number of rotatable bonds is 7. The average Bonchev–Trinajstić information content (AvgIpc) is 3.34. The number of aldehydes is 1. The van der Waals surface area contributed by atoms with E-state index in [1.54, 1.807) is 0 Å². The first-order valence-corrected chi connectivity index (χ1v) is 7.03. The number of carboxylic acid groups (broad SMARTS) is 1. The highest BCUT2D eigenvalue weighted by molar-refractivity contribution is 5.98. The monoisotopic (exact) mass is 339 g/mol. The zero-order chi connectivity index (χ0) is 17.9. The summed E-state index contributed by atoms with van der Waals surface area (Å²) in [6.07, 6.45) is 0.129. The van der Waals surface area contributed by atoms with Gasteiger partial charge in [-0.15, -0.1) is 0 Å². The summed E-state index contributed by atoms with van der Waals surface area (Å²) < 4.78 is 13.4. The predicted molar refractivity (Wildman–Crippen MR) is 78.1 cm³/mol. The lowest BCUT2D eigenvalue weighted by atomic mass is 10.1. The molecular weight excluding hydrogens is 325 g/mol. The molecule has 0 heterocycles. The van der Waals surface area contributed by atoms with E-state index in [1.165, 1.54) is 0 Å². The maximum atomic E-state index is 13.4. The van der Waals surface area contributed by atoms with Crippen molar-refractivity contribution >= 4 is 24.0 Å². The second-order valence-electron chi connectivity index (χ2n) is 5.30. The molecule has 1 saturated carbocycles. The predicted octanol–water partition coefficient (Wildman–Crippen LogP) is 1.17. The molecule has 2 rings (SSSR count). The number of nitrogens with zero attached hydrogens (tertiary/aromatic N) is 2. The van der Waals surface area contributed by atoms with E-state index in [9.17, 15) is 28.9 Å². The lowest BCUT2D eigenvalue weighted by Gasteiger charge is -2.25. The van der Waals surface area contributed by atoms with Crippen molar-refractivity contribution < 1.29 is 28.8 Å². The van der Waals surface area contributed by atoms with Crippen molar-refractivity contribution in [3.05, 3.63) is 39.7 Å². The van der Waals surface area contributed by atoms with Gasteiger partial charge in [-0.3, -0.25) is 14.9 Å². The number of hydrogen-bond acceptors (Lipinski definition) is 5. The number of nitro groups is 1. The number of halogens is 1. The fourth-order valence-electron chi connectivity index (χ4n) is 2.27. The van der Waals surface area contributed by atoms with Crippen LogP contribution in [0.15, 0.2) is 18.2 Å². The lowest BCUT2D eigenvalue weighted by molar-refractivity contribution is -0.385. The summed E-state index contributed by atoms with van der Waals surface area (Å²) in [5, 5.41) is 21.7. The SMILES string of the molecule is O=CC(CN(C(=O)c1cc(F)ccc1[N+](=O)[O-])C1CC1)NC(=O)O. The molecule has 1 unspecified atom stereocenters. The zero-order valence-electron chi connectivity index (χ0n) is 12.3. The van der Waals surface area contributed by atoms with Crippen LogP contribution in [0.1, 0.15) is 23.2 Å². The van der Waals surface area contributed by atoms with E-state index in [-0.39, 0.29) is 12.6 Å². The first kappa shape index (κ1) is 17.3. The van der Waals surface area contributed by atoms with E-state index in [2.05, 4.69) is 0 Å². The van der Waals surface area contributed by atoms with Crippen LogP contribution in [0.2, 0.25) is 0 Å². The fraction of sp³-hybridized carbons (Fsp3) is 0.357. The summed E-state index contributed by atoms with van der Waals surface area (Å²) in [4.78, 5) is 45.6. The van der Waals surface area contributed by atoms with E-state index in [1.807, 2.05) is 5.32 Å². The van der Waals surface area contributed by atoms with Gasteiger partial charge in [-0.2, -0.15) is 0 Å². The van der Waals surface area contributed by atoms with Crippen molar-refractivity contribution in [1.82, 2.24) is 10.2 Å². The number of benzene rings is 1. The molecule has 0 radical (unpaired) electrons. The van der Waals surface area contributed by atoms with E-state index in [0.717, 1.165) is 23.1 Å². The molecule has 0 saturated heterocycles. The Morgan fingerprint density at radius 3 is 2.67 bits per heavy atom. The molecule has 128 valence electrons. The smallest absolute Gasteiger partial charge is 0.405 e. The minimum Gasteiger partial charge on any atom is -0.465 e. The number of nitro benzene ring substituents is 1. The molecule has 2 N–H and O–H groups in total. The van der Waals surface area contributed by atoms with Crippen molar-refractivity contribution in [2.75, 3.05) is 6.54 Å². The molecule has 0 aromatic heterocycles. The maximum Gasteiger partial charge on any atom is 0.405 e. The van der Waals surface area contributed by atoms with E-state index in [0.29, 0.717) is 19.1 Å². The Morgan fingerprint density at radius 2 is 2.17 bits per heavy atom. The van der Waals surface area contributed by atoms with Gasteiger partial charge in [0.25, 0.3) is 11.6 Å². The molecule has 1 atom stereocenters. The fourth-order valence-corrected chi connectivity index (χ4v) is 2.27. The summed E-state index contributed by atoms with van der Waals surface area (Å²) >= 11 is 0. The molecule has 2 amide bonds. The molecule has 1 aromatic rings. The van der Waals surface area contributed by atoms with Gasteiger partial charge in [0.05, 0.1) is 4.92 Å². The molecule has 0 bridgehead atoms. The molecule has 0 aliphatic heterocycles. The number of hydrogen-bond donors (Lipinski definition) is 2. The summed E-state index contributed by atoms with van der Waals surface area (Å²) in [6.45, 7) is -0.285. The van der Waals surface area contributed by atoms with Gasteiger partial charge in [0.15, 0.2) is 0 Å². The van der Waals surface area contributed by atoms with Crippen LogP contribution in [0.3, 0.4) is 0 Å². The van der Waals surface area contributed by atoms with Gasteiger partial charge in [0.2, 0.25) is 0 Å². The highest BCUT2D eigenvalue weighted by Gasteiger charge is 2.37. The number of carbonyl (C=O) groups is 3. The summed E-state index contributed by atoms with van der Waals surface area (Å²) in [5.41, 5.74) is -0.993. The Labute approximate surface area is 135 Å². The van der Waals surface area contributed by atoms with Crippen LogP contribution in [0.5, 0.6) is 0 Å². The van der Waals surface area contributed by atoms with Crippen molar-refractivity contribution in [2.24, 2.45) is 0 Å². The Balaban J connectivity index is 2.30. The third-order valence-corrected chi connectivity index (χ3v) is 3.50. The van der Waals surface area contributed by atoms with Crippen LogP contribution in [-0.2, 0) is 4.79 Å². The third-order valence-electron chi connectivity index (χ3n) is 3.50. The van der Waals surface area contributed by atoms with E-state index >= 15 is 0 Å². The van der Waals surface area contributed by atoms with Gasteiger partial charge in [0.1, 0.15) is 23.7 Å². The van der Waals surface area contributed by atoms with Crippen LogP contribution < -0.4 is 5.32 Å². The van der Waals surface area contributed by atoms with E-state index in [4.69, 9.17) is 5.11 Å². The normalized spacial score (nSPS) is 14.5. The van der Waals surface area contributed by atoms with Gasteiger partial charge < -0.3 is 20.1 Å². The van der Waals surface area contributed by atoms with Gasteiger partial charge in [-0.25, -0.2) is 9.18 Å². The molecule has 1 aliphatic rings. The lowest BCUT2D eigenvalue weighted by Crippen LogP contribution is -2.47. The molecule has 9 nitrogen and oxygen atoms in total. The second-order valence-corrected chi connectivity index (χ2v) is 5.30. The second kappa shape index (κ2) is 7.02. The number of carbonyl (C=O) groups excluding carboxylic acids is 2. The van der Waals surface area contributed by atoms with Crippen molar-refractivity contribution in [1.29, 1.82) is 0 Å². The van der Waals surface area contributed by atoms with Crippen molar-refractivity contribution in [3.63, 3.8) is 0 Å². The molecule has 24 heavy (non-hydrogen) atoms. The van der Waals surface area contributed by atoms with Crippen LogP contribution >= 0.6 is 0 Å². The minimum atomic E-state index is -1.44. The molecule has 1 fully saturated rings. The molecule has 0 spiro atoms. The Hall–Kier alpha value is -3.04. The number of amides is 2. The van der Waals surface area contributed by atoms with Crippen molar-refractivity contribution in [3.8, 4) is 0 Å². The third kappa shape index (κ3) is 4.03. The summed E-state index contributed by atoms with van der Waals surface area (Å²) in [7, 11) is 0. The largest absolute Gasteiger partial charge is 0.465 e. The molecular formula is C14H14FN3O6. The van der Waals surface area contributed by atoms with Crippen LogP contribution in [0.25, 0.3) is 0 Å². The minimum absolute atomic E-state index is 0.265. The number of nitrogens with one attached hydrogen (secondary N) is 1. The molecule has 10 heteroatoms. The van der Waals surface area contributed by atoms with Gasteiger partial charge in [-0.05, 0) is 25.0 Å². The van der Waals surface area contributed by atoms with Gasteiger partial charge >= 0.3 is 6.09 Å². The quantitative estimate of drug-likeness (QED) is 0.436. The van der Waals surface area contributed by atoms with E-state index < -0.39 is 40.0 Å². The Bertz CT molecular complexity index is 691. The molecule has 1 aromatic carbocycles. The summed E-state index contributed by atoms with van der Waals surface area (Å²) in [6, 6.07) is 1.07. The standard InChI is InChI=1S/C14H14FN3O6/c15-8-1-4-12(18(23)24)11(5-8)13(20)17(10-2-3-10)6-9(7-19)16-14(21)22/h1,4-5,7,9-10,16H,2-3,6H2,(H,21,22). The highest BCUT2D eigenvalue weighted by atomic mass is 19.1. The van der Waals surface area contributed by atoms with Crippen LogP contribution in [-0.4, -0.2) is 51.8 Å². The van der Waals surface area contributed by atoms with Gasteiger partial charge in [-0.1, -0.05) is 0 Å². The average molecular weight is 339 g/mol. The summed E-state index contributed by atoms with van der Waals surface area (Å²) in [5.74, 6) is -1.63. The van der Waals surface area contributed by atoms with Crippen LogP contribution in [0, 0.1) is 15.9 Å². The van der Waals surface area contributed by atoms with Crippen molar-refractivity contribution in [2.45, 2.75) is 24.9 Å². The maximum absolute atomic E-state index is 13.4. The first-order valence-electron chi connectivity index (χ1n) is 7.03. The molecule has 1 aliphatic carbocycles. The Morgan fingerprint density at radius 1 is 1.50 bits per heavy atom. The van der Waals surface area contributed by atoms with Crippen LogP contribution in [0.4, 0.5) is 14.9 Å². The zero-order valence-corrected chi connectivity index (χ0v) is 12.3. The Kier molecular flexibility index (Phi) is 5.07. The first-order chi connectivity index (χ1) is 11.3. The highest BCUT2D eigenvalue weighted by Crippen LogP contribution is 2.30. The topological polar surface area (TPSA) is 130 Å².